The second-order valence-corrected chi connectivity index (χ2v) is 10.8. The highest BCUT2D eigenvalue weighted by atomic mass is 32.1. The van der Waals surface area contributed by atoms with Gasteiger partial charge in [0.25, 0.3) is 0 Å². The third-order valence-corrected chi connectivity index (χ3v) is 7.61. The molecule has 2 aromatic carbocycles. The number of aromatic nitrogens is 1. The highest BCUT2D eigenvalue weighted by Gasteiger charge is 2.27. The maximum absolute atomic E-state index is 13.3. The monoisotopic (exact) mass is 653 g/mol. The second kappa shape index (κ2) is 15.8. The molecule has 0 saturated carbocycles. The minimum absolute atomic E-state index is 0.0952. The summed E-state index contributed by atoms with van der Waals surface area (Å²) in [5.74, 6) is -2.55. The largest absolute Gasteiger partial charge is 0.465 e. The lowest BCUT2D eigenvalue weighted by Crippen LogP contribution is -2.40. The van der Waals surface area contributed by atoms with Crippen LogP contribution in [-0.4, -0.2) is 81.5 Å². The molecule has 0 fully saturated rings. The highest BCUT2D eigenvalue weighted by Crippen LogP contribution is 2.36. The van der Waals surface area contributed by atoms with E-state index in [1.807, 2.05) is 24.3 Å². The molecule has 2 heterocycles. The molecule has 46 heavy (non-hydrogen) atoms. The number of hydrogen-bond acceptors (Lipinski definition) is 14. The van der Waals surface area contributed by atoms with Crippen LogP contribution in [0.4, 0.5) is 11.4 Å². The first-order valence-corrected chi connectivity index (χ1v) is 15.6. The van der Waals surface area contributed by atoms with Gasteiger partial charge in [-0.3, -0.25) is 19.2 Å². The number of carbonyl (C=O) groups is 4. The molecule has 0 aliphatic rings. The number of thiazole rings is 1. The fourth-order valence-electron chi connectivity index (χ4n) is 4.69. The number of hydrogen-bond donors (Lipinski definition) is 0. The zero-order chi connectivity index (χ0) is 33.2. The number of fused-ring (bicyclic) bond motifs is 2. The van der Waals surface area contributed by atoms with Gasteiger partial charge in [-0.1, -0.05) is 12.1 Å². The Hall–Kier alpha value is -4.98. The van der Waals surface area contributed by atoms with Crippen molar-refractivity contribution in [2.75, 3.05) is 62.4 Å². The van der Waals surface area contributed by atoms with Gasteiger partial charge in [-0.15, -0.1) is 11.3 Å². The Balaban J connectivity index is 1.94. The summed E-state index contributed by atoms with van der Waals surface area (Å²) in [6, 6.07) is 12.1. The van der Waals surface area contributed by atoms with Gasteiger partial charge in [0.1, 0.15) is 36.8 Å². The van der Waals surface area contributed by atoms with Crippen molar-refractivity contribution >= 4 is 67.8 Å². The summed E-state index contributed by atoms with van der Waals surface area (Å²) in [6.45, 7) is 5.45. The number of esters is 4. The van der Waals surface area contributed by atoms with Gasteiger partial charge in [-0.05, 0) is 52.0 Å². The Morgan fingerprint density at radius 2 is 1.20 bits per heavy atom. The molecule has 0 unspecified atom stereocenters. The standard InChI is InChI=1S/C32H35N3O10S/c1-5-41-27(36)16-34(17-28(37)42-6-2)23-14-20-13-21(31-33-22-11-9-10-12-26(22)46-31)32(40)45-25(20)15-24(23)35(18-29(38)43-7-3)19-30(39)44-8-4/h9-15H,5-8,16-19H2,1-4H3. The summed E-state index contributed by atoms with van der Waals surface area (Å²) in [6.07, 6.45) is 0. The lowest BCUT2D eigenvalue weighted by atomic mass is 10.1. The lowest BCUT2D eigenvalue weighted by Gasteiger charge is -2.31. The topological polar surface area (TPSA) is 155 Å². The Labute approximate surface area is 268 Å². The van der Waals surface area contributed by atoms with E-state index in [4.69, 9.17) is 23.4 Å². The number of benzene rings is 2. The van der Waals surface area contributed by atoms with Crippen molar-refractivity contribution in [3.05, 3.63) is 52.9 Å². The van der Waals surface area contributed by atoms with Crippen molar-refractivity contribution in [1.29, 1.82) is 0 Å². The molecule has 4 aromatic rings. The van der Waals surface area contributed by atoms with E-state index in [1.165, 1.54) is 27.2 Å². The minimum Gasteiger partial charge on any atom is -0.465 e. The molecule has 0 amide bonds. The van der Waals surface area contributed by atoms with E-state index in [1.54, 1.807) is 39.8 Å². The first-order chi connectivity index (χ1) is 22.2. The zero-order valence-corrected chi connectivity index (χ0v) is 26.8. The number of rotatable bonds is 15. The number of para-hydroxylation sites is 1. The molecule has 0 spiro atoms. The summed E-state index contributed by atoms with van der Waals surface area (Å²) in [4.78, 5) is 71.6. The van der Waals surface area contributed by atoms with E-state index in [0.29, 0.717) is 10.4 Å². The average molecular weight is 654 g/mol. The average Bonchev–Trinajstić information content (AvgIpc) is 3.44. The molecule has 13 nitrogen and oxygen atoms in total. The van der Waals surface area contributed by atoms with Crippen LogP contribution in [0.25, 0.3) is 31.8 Å². The van der Waals surface area contributed by atoms with Crippen LogP contribution < -0.4 is 15.4 Å². The third kappa shape index (κ3) is 8.38. The van der Waals surface area contributed by atoms with Crippen LogP contribution in [0.15, 0.2) is 51.7 Å². The van der Waals surface area contributed by atoms with Crippen molar-refractivity contribution < 1.29 is 42.5 Å². The highest BCUT2D eigenvalue weighted by molar-refractivity contribution is 7.21. The first-order valence-electron chi connectivity index (χ1n) is 14.8. The van der Waals surface area contributed by atoms with Gasteiger partial charge >= 0.3 is 29.5 Å². The summed E-state index contributed by atoms with van der Waals surface area (Å²) in [7, 11) is 0. The van der Waals surface area contributed by atoms with E-state index >= 15 is 0 Å². The fraction of sp³-hybridized carbons (Fsp3) is 0.375. The number of anilines is 2. The van der Waals surface area contributed by atoms with Crippen molar-refractivity contribution in [3.63, 3.8) is 0 Å². The van der Waals surface area contributed by atoms with Crippen LogP contribution in [0.3, 0.4) is 0 Å². The SMILES string of the molecule is CCOC(=O)CN(CC(=O)OCC)c1cc2cc(-c3nc4ccccc4s3)c(=O)oc2cc1N(CC(=O)OCC)CC(=O)OCC. The predicted octanol–water partition coefficient (Wildman–Crippen LogP) is 3.93. The molecule has 0 aliphatic carbocycles. The van der Waals surface area contributed by atoms with Gasteiger partial charge in [0.2, 0.25) is 0 Å². The van der Waals surface area contributed by atoms with Crippen LogP contribution in [0.2, 0.25) is 0 Å². The summed E-state index contributed by atoms with van der Waals surface area (Å²) in [5, 5.41) is 0.876. The van der Waals surface area contributed by atoms with Crippen molar-refractivity contribution in [2.45, 2.75) is 27.7 Å². The molecule has 0 atom stereocenters. The smallest absolute Gasteiger partial charge is 0.346 e. The molecule has 0 bridgehead atoms. The molecule has 2 aromatic heterocycles. The number of ether oxygens (including phenoxy) is 4. The van der Waals surface area contributed by atoms with E-state index in [2.05, 4.69) is 4.98 Å². The van der Waals surface area contributed by atoms with Crippen LogP contribution >= 0.6 is 11.3 Å². The van der Waals surface area contributed by atoms with Crippen molar-refractivity contribution in [1.82, 2.24) is 4.98 Å². The summed E-state index contributed by atoms with van der Waals surface area (Å²) in [5.41, 5.74) is 0.858. The Morgan fingerprint density at radius 3 is 1.67 bits per heavy atom. The molecule has 4 rings (SSSR count). The number of carbonyl (C=O) groups excluding carboxylic acids is 4. The zero-order valence-electron chi connectivity index (χ0n) is 26.0. The van der Waals surface area contributed by atoms with Gasteiger partial charge in [0, 0.05) is 11.5 Å². The van der Waals surface area contributed by atoms with Gasteiger partial charge in [-0.25, -0.2) is 9.78 Å². The molecule has 0 N–H and O–H groups in total. The summed E-state index contributed by atoms with van der Waals surface area (Å²) >= 11 is 1.33. The fourth-order valence-corrected chi connectivity index (χ4v) is 5.66. The van der Waals surface area contributed by atoms with Crippen LogP contribution in [-0.2, 0) is 38.1 Å². The van der Waals surface area contributed by atoms with Crippen LogP contribution in [0, 0.1) is 0 Å². The molecule has 0 radical (unpaired) electrons. The maximum Gasteiger partial charge on any atom is 0.346 e. The van der Waals surface area contributed by atoms with E-state index < -0.39 is 42.6 Å². The Bertz CT molecular complexity index is 1710. The molecule has 14 heteroatoms. The molecular formula is C32H35N3O10S. The lowest BCUT2D eigenvalue weighted by molar-refractivity contribution is -0.144. The Morgan fingerprint density at radius 1 is 0.717 bits per heavy atom. The summed E-state index contributed by atoms with van der Waals surface area (Å²) < 4.78 is 27.3. The van der Waals surface area contributed by atoms with Gasteiger partial charge in [0.05, 0.1) is 53.6 Å². The number of nitrogens with zero attached hydrogens (tertiary/aromatic N) is 3. The maximum atomic E-state index is 13.3. The van der Waals surface area contributed by atoms with Gasteiger partial charge in [-0.2, -0.15) is 0 Å². The molecule has 0 aliphatic heterocycles. The molecule has 244 valence electrons. The van der Waals surface area contributed by atoms with Crippen LogP contribution in [0.1, 0.15) is 27.7 Å². The minimum atomic E-state index is -0.650. The second-order valence-electron chi connectivity index (χ2n) is 9.75. The van der Waals surface area contributed by atoms with Crippen LogP contribution in [0.5, 0.6) is 0 Å². The molecular weight excluding hydrogens is 618 g/mol. The van der Waals surface area contributed by atoms with E-state index in [0.717, 1.165) is 10.2 Å². The van der Waals surface area contributed by atoms with E-state index in [9.17, 15) is 24.0 Å². The molecule has 0 saturated heterocycles. The van der Waals surface area contributed by atoms with E-state index in [-0.39, 0.29) is 62.0 Å². The van der Waals surface area contributed by atoms with Crippen molar-refractivity contribution in [2.24, 2.45) is 0 Å². The normalized spacial score (nSPS) is 10.9. The predicted molar refractivity (Wildman–Crippen MR) is 172 cm³/mol. The van der Waals surface area contributed by atoms with Gasteiger partial charge < -0.3 is 33.2 Å². The first kappa shape index (κ1) is 33.9. The van der Waals surface area contributed by atoms with Gasteiger partial charge in [0.15, 0.2) is 0 Å². The van der Waals surface area contributed by atoms with Crippen molar-refractivity contribution in [3.8, 4) is 10.6 Å². The Kier molecular flexibility index (Phi) is 11.7. The quantitative estimate of drug-likeness (QED) is 0.103. The third-order valence-electron chi connectivity index (χ3n) is 6.54.